The van der Waals surface area contributed by atoms with Crippen molar-refractivity contribution in [3.05, 3.63) is 23.8 Å². The Bertz CT molecular complexity index is 304. The number of nitrogens with one attached hydrogen (secondary N) is 1. The molecule has 1 aromatic rings. The SMILES string of the molecule is CCNC(CC(CC)CC)c1cnc(C)cn1. The van der Waals surface area contributed by atoms with E-state index < -0.39 is 0 Å². The fourth-order valence-electron chi connectivity index (χ4n) is 2.09. The molecule has 0 radical (unpaired) electrons. The first-order valence-corrected chi connectivity index (χ1v) is 6.73. The molecule has 0 saturated carbocycles. The van der Waals surface area contributed by atoms with Gasteiger partial charge in [-0.2, -0.15) is 0 Å². The van der Waals surface area contributed by atoms with E-state index in [2.05, 4.69) is 36.1 Å². The van der Waals surface area contributed by atoms with Crippen LogP contribution in [0.2, 0.25) is 0 Å². The molecule has 1 rings (SSSR count). The molecular weight excluding hydrogens is 210 g/mol. The molecule has 1 heterocycles. The van der Waals surface area contributed by atoms with Crippen LogP contribution in [0.15, 0.2) is 12.4 Å². The lowest BCUT2D eigenvalue weighted by Crippen LogP contribution is -2.24. The smallest absolute Gasteiger partial charge is 0.0756 e. The first-order chi connectivity index (χ1) is 8.21. The molecule has 1 atom stereocenters. The molecular formula is C14H25N3. The summed E-state index contributed by atoms with van der Waals surface area (Å²) in [5.74, 6) is 0.766. The van der Waals surface area contributed by atoms with Crippen LogP contribution in [0, 0.1) is 12.8 Å². The van der Waals surface area contributed by atoms with Crippen molar-refractivity contribution in [2.75, 3.05) is 6.54 Å². The van der Waals surface area contributed by atoms with Crippen molar-refractivity contribution in [1.82, 2.24) is 15.3 Å². The number of nitrogens with zero attached hydrogens (tertiary/aromatic N) is 2. The van der Waals surface area contributed by atoms with Crippen molar-refractivity contribution < 1.29 is 0 Å². The van der Waals surface area contributed by atoms with E-state index in [9.17, 15) is 0 Å². The Kier molecular flexibility index (Phi) is 6.12. The molecule has 0 bridgehead atoms. The summed E-state index contributed by atoms with van der Waals surface area (Å²) in [5.41, 5.74) is 2.05. The quantitative estimate of drug-likeness (QED) is 0.788. The normalized spacial score (nSPS) is 13.0. The lowest BCUT2D eigenvalue weighted by molar-refractivity contribution is 0.370. The first-order valence-electron chi connectivity index (χ1n) is 6.73. The van der Waals surface area contributed by atoms with Gasteiger partial charge in [-0.1, -0.05) is 33.6 Å². The predicted octanol–water partition coefficient (Wildman–Crippen LogP) is 3.26. The molecule has 3 heteroatoms. The van der Waals surface area contributed by atoms with Gasteiger partial charge in [-0.3, -0.25) is 9.97 Å². The van der Waals surface area contributed by atoms with Gasteiger partial charge in [0, 0.05) is 6.20 Å². The minimum absolute atomic E-state index is 0.345. The molecule has 1 aromatic heterocycles. The highest BCUT2D eigenvalue weighted by Gasteiger charge is 2.16. The second-order valence-corrected chi connectivity index (χ2v) is 4.61. The summed E-state index contributed by atoms with van der Waals surface area (Å²) in [4.78, 5) is 8.83. The average molecular weight is 235 g/mol. The Morgan fingerprint density at radius 3 is 2.29 bits per heavy atom. The fraction of sp³-hybridized carbons (Fsp3) is 0.714. The Hall–Kier alpha value is -0.960. The molecule has 17 heavy (non-hydrogen) atoms. The zero-order valence-electron chi connectivity index (χ0n) is 11.5. The number of aryl methyl sites for hydroxylation is 1. The molecule has 96 valence electrons. The molecule has 0 amide bonds. The summed E-state index contributed by atoms with van der Waals surface area (Å²) in [6.07, 6.45) is 7.38. The average Bonchev–Trinajstić information content (AvgIpc) is 2.35. The molecule has 0 aliphatic carbocycles. The Balaban J connectivity index is 2.73. The molecule has 1 N–H and O–H groups in total. The third kappa shape index (κ3) is 4.43. The number of rotatable bonds is 7. The molecule has 0 fully saturated rings. The predicted molar refractivity (Wildman–Crippen MR) is 71.9 cm³/mol. The lowest BCUT2D eigenvalue weighted by Gasteiger charge is -2.22. The van der Waals surface area contributed by atoms with Crippen LogP contribution in [0.3, 0.4) is 0 Å². The van der Waals surface area contributed by atoms with Crippen LogP contribution in [0.5, 0.6) is 0 Å². The Morgan fingerprint density at radius 1 is 1.12 bits per heavy atom. The third-order valence-electron chi connectivity index (χ3n) is 3.33. The summed E-state index contributed by atoms with van der Waals surface area (Å²) in [7, 11) is 0. The summed E-state index contributed by atoms with van der Waals surface area (Å²) >= 11 is 0. The van der Waals surface area contributed by atoms with Gasteiger partial charge in [0.15, 0.2) is 0 Å². The lowest BCUT2D eigenvalue weighted by atomic mass is 9.93. The van der Waals surface area contributed by atoms with Crippen LogP contribution >= 0.6 is 0 Å². The van der Waals surface area contributed by atoms with E-state index in [4.69, 9.17) is 0 Å². The maximum absolute atomic E-state index is 4.49. The van der Waals surface area contributed by atoms with E-state index in [1.807, 2.05) is 19.3 Å². The van der Waals surface area contributed by atoms with Crippen LogP contribution in [0.25, 0.3) is 0 Å². The minimum Gasteiger partial charge on any atom is -0.309 e. The second-order valence-electron chi connectivity index (χ2n) is 4.61. The summed E-state index contributed by atoms with van der Waals surface area (Å²) in [5, 5.41) is 3.51. The van der Waals surface area contributed by atoms with E-state index in [0.717, 1.165) is 30.3 Å². The van der Waals surface area contributed by atoms with E-state index in [1.54, 1.807) is 0 Å². The highest BCUT2D eigenvalue weighted by molar-refractivity contribution is 5.06. The maximum atomic E-state index is 4.49. The van der Waals surface area contributed by atoms with Crippen LogP contribution in [-0.4, -0.2) is 16.5 Å². The Morgan fingerprint density at radius 2 is 1.82 bits per heavy atom. The van der Waals surface area contributed by atoms with Crippen LogP contribution in [0.4, 0.5) is 0 Å². The molecule has 0 spiro atoms. The number of hydrogen-bond acceptors (Lipinski definition) is 3. The monoisotopic (exact) mass is 235 g/mol. The van der Waals surface area contributed by atoms with E-state index >= 15 is 0 Å². The summed E-state index contributed by atoms with van der Waals surface area (Å²) < 4.78 is 0. The molecule has 3 nitrogen and oxygen atoms in total. The first kappa shape index (κ1) is 14.1. The van der Waals surface area contributed by atoms with Gasteiger partial charge < -0.3 is 5.32 Å². The maximum Gasteiger partial charge on any atom is 0.0756 e. The van der Waals surface area contributed by atoms with Gasteiger partial charge in [-0.15, -0.1) is 0 Å². The van der Waals surface area contributed by atoms with Gasteiger partial charge in [-0.05, 0) is 25.8 Å². The molecule has 0 aliphatic heterocycles. The van der Waals surface area contributed by atoms with Gasteiger partial charge in [0.25, 0.3) is 0 Å². The van der Waals surface area contributed by atoms with E-state index in [0.29, 0.717) is 6.04 Å². The number of hydrogen-bond donors (Lipinski definition) is 1. The third-order valence-corrected chi connectivity index (χ3v) is 3.33. The van der Waals surface area contributed by atoms with E-state index in [-0.39, 0.29) is 0 Å². The second kappa shape index (κ2) is 7.38. The largest absolute Gasteiger partial charge is 0.309 e. The highest BCUT2D eigenvalue weighted by atomic mass is 14.9. The van der Waals surface area contributed by atoms with Gasteiger partial charge >= 0.3 is 0 Å². The topological polar surface area (TPSA) is 37.8 Å². The fourth-order valence-corrected chi connectivity index (χ4v) is 2.09. The van der Waals surface area contributed by atoms with Crippen LogP contribution in [0.1, 0.15) is 57.5 Å². The zero-order valence-corrected chi connectivity index (χ0v) is 11.5. The van der Waals surface area contributed by atoms with Gasteiger partial charge in [-0.25, -0.2) is 0 Å². The minimum atomic E-state index is 0.345. The van der Waals surface area contributed by atoms with Crippen molar-refractivity contribution in [2.45, 2.75) is 53.0 Å². The highest BCUT2D eigenvalue weighted by Crippen LogP contribution is 2.23. The van der Waals surface area contributed by atoms with Crippen molar-refractivity contribution in [3.8, 4) is 0 Å². The van der Waals surface area contributed by atoms with Gasteiger partial charge in [0.05, 0.1) is 23.6 Å². The van der Waals surface area contributed by atoms with Crippen LogP contribution in [-0.2, 0) is 0 Å². The summed E-state index contributed by atoms with van der Waals surface area (Å²) in [6.45, 7) is 9.61. The molecule has 1 unspecified atom stereocenters. The van der Waals surface area contributed by atoms with Gasteiger partial charge in [0.1, 0.15) is 0 Å². The van der Waals surface area contributed by atoms with Crippen LogP contribution < -0.4 is 5.32 Å². The van der Waals surface area contributed by atoms with Crippen molar-refractivity contribution in [3.63, 3.8) is 0 Å². The van der Waals surface area contributed by atoms with Crippen molar-refractivity contribution in [2.24, 2.45) is 5.92 Å². The zero-order chi connectivity index (χ0) is 12.7. The van der Waals surface area contributed by atoms with Crippen molar-refractivity contribution in [1.29, 1.82) is 0 Å². The molecule has 0 saturated heterocycles. The Labute approximate surface area is 105 Å². The standard InChI is InChI=1S/C14H25N3/c1-5-12(6-2)8-13(15-7-3)14-10-16-11(4)9-17-14/h9-10,12-13,15H,5-8H2,1-4H3. The molecule has 0 aliphatic rings. The van der Waals surface area contributed by atoms with Gasteiger partial charge in [0.2, 0.25) is 0 Å². The molecule has 0 aromatic carbocycles. The number of aromatic nitrogens is 2. The van der Waals surface area contributed by atoms with E-state index in [1.165, 1.54) is 12.8 Å². The van der Waals surface area contributed by atoms with Crippen molar-refractivity contribution >= 4 is 0 Å². The summed E-state index contributed by atoms with van der Waals surface area (Å²) in [6, 6.07) is 0.345.